The van der Waals surface area contributed by atoms with Crippen molar-refractivity contribution in [3.63, 3.8) is 0 Å². The molecule has 0 unspecified atom stereocenters. The first-order valence-corrected chi connectivity index (χ1v) is 14.3. The molecule has 0 atom stereocenters. The van der Waals surface area contributed by atoms with Gasteiger partial charge in [-0.15, -0.1) is 9.36 Å². The van der Waals surface area contributed by atoms with Crippen LogP contribution in [0.4, 0.5) is 26.3 Å². The molecule has 0 bridgehead atoms. The number of imidazole rings is 1. The summed E-state index contributed by atoms with van der Waals surface area (Å²) in [6.45, 7) is 9.78. The molecule has 19 heteroatoms. The zero-order valence-corrected chi connectivity index (χ0v) is 24.3. The molecule has 0 aliphatic heterocycles. The number of aromatic nitrogens is 5. The Hall–Kier alpha value is -3.03. The van der Waals surface area contributed by atoms with Gasteiger partial charge >= 0.3 is 11.0 Å². The van der Waals surface area contributed by atoms with Crippen molar-refractivity contribution >= 4 is 20.2 Å². The van der Waals surface area contributed by atoms with Crippen molar-refractivity contribution in [1.29, 1.82) is 0 Å². The summed E-state index contributed by atoms with van der Waals surface area (Å²) in [5, 5.41) is 4.78. The molecule has 2 aromatic heterocycles. The average molecular weight is 638 g/mol. The van der Waals surface area contributed by atoms with Gasteiger partial charge in [0.25, 0.3) is 0 Å². The number of hydrogen-bond donors (Lipinski definition) is 0. The lowest BCUT2D eigenvalue weighted by Crippen LogP contribution is -2.36. The van der Waals surface area contributed by atoms with Gasteiger partial charge in [-0.25, -0.2) is 26.0 Å². The van der Waals surface area contributed by atoms with E-state index in [1.807, 2.05) is 18.8 Å². The third-order valence-electron chi connectivity index (χ3n) is 5.22. The predicted molar refractivity (Wildman–Crippen MR) is 129 cm³/mol. The molecule has 0 saturated carbocycles. The minimum atomic E-state index is -6.09. The van der Waals surface area contributed by atoms with Crippen molar-refractivity contribution in [3.8, 4) is 5.69 Å². The molecule has 2 heterocycles. The fraction of sp³-hybridized carbons (Fsp3) is 0.500. The second-order valence-corrected chi connectivity index (χ2v) is 12.0. The SMILES string of the molecule is CC(C)c1cccc(C(C)C)c1-[n+]1cc(Cn2cc[n+](C)c2)n(C)n1.O=S(=O)([O-])C(F)(F)F.O=S(=O)([O-])C(F)(F)F. The van der Waals surface area contributed by atoms with Crippen LogP contribution in [0.5, 0.6) is 0 Å². The molecular weight excluding hydrogens is 608 g/mol. The van der Waals surface area contributed by atoms with Crippen LogP contribution in [0.15, 0.2) is 43.1 Å². The van der Waals surface area contributed by atoms with Gasteiger partial charge in [0.2, 0.25) is 12.0 Å². The number of benzene rings is 1. The Morgan fingerprint density at radius 2 is 1.32 bits per heavy atom. The Morgan fingerprint density at radius 3 is 1.63 bits per heavy atom. The van der Waals surface area contributed by atoms with Crippen LogP contribution in [0.2, 0.25) is 0 Å². The lowest BCUT2D eigenvalue weighted by atomic mass is 9.93. The number of nitrogens with zero attached hydrogens (tertiary/aromatic N) is 5. The molecule has 1 aromatic carbocycles. The van der Waals surface area contributed by atoms with E-state index < -0.39 is 31.3 Å². The van der Waals surface area contributed by atoms with Gasteiger partial charge in [-0.2, -0.15) is 26.3 Å². The van der Waals surface area contributed by atoms with Crippen molar-refractivity contribution in [2.24, 2.45) is 14.1 Å². The monoisotopic (exact) mass is 637 g/mol. The number of para-hydroxylation sites is 1. The van der Waals surface area contributed by atoms with E-state index in [9.17, 15) is 26.3 Å². The van der Waals surface area contributed by atoms with Gasteiger partial charge in [0, 0.05) is 11.1 Å². The van der Waals surface area contributed by atoms with Gasteiger partial charge in [-0.1, -0.05) is 45.9 Å². The Balaban J connectivity index is 0.000000433. The molecule has 0 fully saturated rings. The van der Waals surface area contributed by atoms with E-state index in [4.69, 9.17) is 31.2 Å². The van der Waals surface area contributed by atoms with Crippen LogP contribution in [0, 0.1) is 0 Å². The summed E-state index contributed by atoms with van der Waals surface area (Å²) in [6.07, 6.45) is 8.38. The van der Waals surface area contributed by atoms with E-state index in [0.717, 1.165) is 6.54 Å². The molecule has 232 valence electrons. The lowest BCUT2D eigenvalue weighted by Gasteiger charge is -2.15. The first kappa shape index (κ1) is 36.0. The molecular formula is C22H29F6N5O6S2. The van der Waals surface area contributed by atoms with Crippen LogP contribution in [-0.4, -0.2) is 51.4 Å². The Bertz CT molecular complexity index is 1460. The van der Waals surface area contributed by atoms with Crippen LogP contribution >= 0.6 is 0 Å². The maximum atomic E-state index is 10.7. The van der Waals surface area contributed by atoms with E-state index in [1.54, 1.807) is 0 Å². The largest absolute Gasteiger partial charge is 0.741 e. The van der Waals surface area contributed by atoms with Gasteiger partial charge in [0.1, 0.15) is 19.4 Å². The van der Waals surface area contributed by atoms with Gasteiger partial charge in [-0.05, 0) is 11.8 Å². The molecule has 3 rings (SSSR count). The Kier molecular flexibility index (Phi) is 11.7. The molecule has 0 N–H and O–H groups in total. The second kappa shape index (κ2) is 13.3. The zero-order valence-electron chi connectivity index (χ0n) is 22.7. The summed E-state index contributed by atoms with van der Waals surface area (Å²) in [5.41, 5.74) is -6.21. The molecule has 0 radical (unpaired) electrons. The van der Waals surface area contributed by atoms with Crippen molar-refractivity contribution in [2.45, 2.75) is 57.1 Å². The molecule has 11 nitrogen and oxygen atoms in total. The predicted octanol–water partition coefficient (Wildman–Crippen LogP) is 2.72. The topological polar surface area (TPSA) is 145 Å². The van der Waals surface area contributed by atoms with Gasteiger partial charge in [-0.3, -0.25) is 0 Å². The summed E-state index contributed by atoms with van der Waals surface area (Å²) >= 11 is 0. The van der Waals surface area contributed by atoms with Gasteiger partial charge in [0.15, 0.2) is 38.7 Å². The molecule has 0 aliphatic rings. The van der Waals surface area contributed by atoms with Crippen molar-refractivity contribution in [3.05, 3.63) is 59.9 Å². The molecule has 0 aliphatic carbocycles. The Labute approximate surface area is 233 Å². The summed E-state index contributed by atoms with van der Waals surface area (Å²) in [4.78, 5) is 0. The summed E-state index contributed by atoms with van der Waals surface area (Å²) < 4.78 is 126. The van der Waals surface area contributed by atoms with E-state index in [2.05, 4.69) is 84.6 Å². The standard InChI is InChI=1S/C20H29N5.2CHF3O3S/c1-15(2)18-8-7-9-19(16(3)4)20(18)25-13-17(23(6)21-25)12-24-11-10-22(5)14-24;2*2-1(3,4)8(5,6)7/h7-11,13-16H,12H2,1-6H3;2*(H,5,6,7)/q+2;;/p-2. The summed E-state index contributed by atoms with van der Waals surface area (Å²) in [5.74, 6) is 0.908. The minimum Gasteiger partial charge on any atom is -0.741 e. The molecule has 0 amide bonds. The molecule has 0 saturated heterocycles. The van der Waals surface area contributed by atoms with Gasteiger partial charge in [0.05, 0.1) is 12.3 Å². The van der Waals surface area contributed by atoms with Crippen molar-refractivity contribution < 1.29 is 61.5 Å². The van der Waals surface area contributed by atoms with E-state index >= 15 is 0 Å². The first-order valence-electron chi connectivity index (χ1n) is 11.5. The van der Waals surface area contributed by atoms with Crippen LogP contribution in [0.3, 0.4) is 0 Å². The highest BCUT2D eigenvalue weighted by Gasteiger charge is 2.37. The van der Waals surface area contributed by atoms with E-state index in [-0.39, 0.29) is 0 Å². The number of rotatable bonds is 5. The van der Waals surface area contributed by atoms with Crippen LogP contribution in [-0.2, 0) is 40.9 Å². The fourth-order valence-corrected chi connectivity index (χ4v) is 3.26. The highest BCUT2D eigenvalue weighted by atomic mass is 32.2. The molecule has 41 heavy (non-hydrogen) atoms. The maximum absolute atomic E-state index is 10.7. The second-order valence-electron chi connectivity index (χ2n) is 9.22. The summed E-state index contributed by atoms with van der Waals surface area (Å²) in [7, 11) is -8.13. The van der Waals surface area contributed by atoms with Crippen LogP contribution < -0.4 is 9.25 Å². The van der Waals surface area contributed by atoms with Gasteiger partial charge < -0.3 is 9.11 Å². The van der Waals surface area contributed by atoms with E-state index in [0.29, 0.717) is 11.8 Å². The smallest absolute Gasteiger partial charge is 0.485 e. The third kappa shape index (κ3) is 10.4. The zero-order chi connectivity index (χ0) is 32.1. The Morgan fingerprint density at radius 1 is 0.902 bits per heavy atom. The highest BCUT2D eigenvalue weighted by molar-refractivity contribution is 7.86. The number of alkyl halides is 6. The number of aryl methyl sites for hydroxylation is 2. The maximum Gasteiger partial charge on any atom is 0.485 e. The highest BCUT2D eigenvalue weighted by Crippen LogP contribution is 2.27. The normalized spacial score (nSPS) is 12.6. The summed E-state index contributed by atoms with van der Waals surface area (Å²) in [6, 6.07) is 6.61. The lowest BCUT2D eigenvalue weighted by molar-refractivity contribution is -0.671. The first-order chi connectivity index (χ1) is 18.4. The van der Waals surface area contributed by atoms with Crippen LogP contribution in [0.1, 0.15) is 56.4 Å². The minimum absolute atomic E-state index is 0.454. The van der Waals surface area contributed by atoms with Crippen molar-refractivity contribution in [2.75, 3.05) is 0 Å². The van der Waals surface area contributed by atoms with E-state index in [1.165, 1.54) is 22.5 Å². The number of hydrogen-bond acceptors (Lipinski definition) is 7. The van der Waals surface area contributed by atoms with Crippen LogP contribution in [0.25, 0.3) is 5.69 Å². The van der Waals surface area contributed by atoms with Crippen molar-refractivity contribution in [1.82, 2.24) is 14.5 Å². The third-order valence-corrected chi connectivity index (χ3v) is 6.36. The fourth-order valence-electron chi connectivity index (χ4n) is 3.26. The molecule has 3 aromatic rings. The quantitative estimate of drug-likeness (QED) is 0.181. The number of halogens is 6. The molecule has 0 spiro atoms. The average Bonchev–Trinajstić information content (AvgIpc) is 3.36.